The molecule has 4 atom stereocenters. The third-order valence-electron chi connectivity index (χ3n) is 5.56. The molecule has 4 fully saturated rings. The van der Waals surface area contributed by atoms with Crippen LogP contribution in [-0.2, 0) is 5.54 Å². The average molecular weight is 231 g/mol. The average Bonchev–Trinajstić information content (AvgIpc) is 2.63. The molecule has 1 aromatic heterocycles. The monoisotopic (exact) mass is 231 g/mol. The molecule has 4 bridgehead atoms. The molecular formula is C14H21N3. The summed E-state index contributed by atoms with van der Waals surface area (Å²) in [5.41, 5.74) is 1.48. The molecule has 0 saturated heterocycles. The fraction of sp³-hybridized carbons (Fsp3) is 0.857. The molecule has 0 aromatic carbocycles. The predicted molar refractivity (Wildman–Crippen MR) is 65.4 cm³/mol. The third-order valence-corrected chi connectivity index (χ3v) is 5.56. The molecule has 4 aliphatic carbocycles. The Bertz CT molecular complexity index is 432. The van der Waals surface area contributed by atoms with Crippen molar-refractivity contribution in [3.63, 3.8) is 0 Å². The van der Waals surface area contributed by atoms with Gasteiger partial charge in [-0.05, 0) is 55.3 Å². The van der Waals surface area contributed by atoms with Crippen molar-refractivity contribution in [3.8, 4) is 0 Å². The summed E-state index contributed by atoms with van der Waals surface area (Å²) >= 11 is 0. The molecular weight excluding hydrogens is 210 g/mol. The lowest BCUT2D eigenvalue weighted by Crippen LogP contribution is -2.58. The Kier molecular flexibility index (Phi) is 1.64. The van der Waals surface area contributed by atoms with Crippen molar-refractivity contribution < 1.29 is 0 Å². The number of hydrogen-bond donors (Lipinski definition) is 0. The van der Waals surface area contributed by atoms with E-state index in [1.807, 2.05) is 12.7 Å². The van der Waals surface area contributed by atoms with E-state index >= 15 is 0 Å². The number of aromatic nitrogens is 3. The highest BCUT2D eigenvalue weighted by atomic mass is 15.3. The molecule has 1 heterocycles. The normalized spacial score (nSPS) is 52.0. The standard InChI is InChI=1S/C14H21N3/c1-12-3-11-4-13(2,6-12)8-14(5-11,7-12)17-9-15-16-10-17/h9-11H,3-8H2,1-2H3/t11?,12-,13+,14?. The highest BCUT2D eigenvalue weighted by Crippen LogP contribution is 2.68. The third kappa shape index (κ3) is 1.28. The van der Waals surface area contributed by atoms with Crippen LogP contribution in [0.2, 0.25) is 0 Å². The Morgan fingerprint density at radius 3 is 2.06 bits per heavy atom. The summed E-state index contributed by atoms with van der Waals surface area (Å²) in [6.45, 7) is 5.02. The fourth-order valence-corrected chi connectivity index (χ4v) is 6.12. The minimum absolute atomic E-state index is 0.340. The first kappa shape index (κ1) is 10.1. The van der Waals surface area contributed by atoms with Crippen LogP contribution in [0, 0.1) is 16.7 Å². The minimum Gasteiger partial charge on any atom is -0.314 e. The number of hydrogen-bond acceptors (Lipinski definition) is 2. The molecule has 2 unspecified atom stereocenters. The highest BCUT2D eigenvalue weighted by Gasteiger charge is 2.60. The molecule has 0 aliphatic heterocycles. The zero-order valence-electron chi connectivity index (χ0n) is 10.8. The Labute approximate surface area is 103 Å². The van der Waals surface area contributed by atoms with E-state index in [9.17, 15) is 0 Å². The van der Waals surface area contributed by atoms with Crippen LogP contribution in [-0.4, -0.2) is 14.8 Å². The summed E-state index contributed by atoms with van der Waals surface area (Å²) in [6.07, 6.45) is 12.3. The van der Waals surface area contributed by atoms with Crippen LogP contribution in [0.25, 0.3) is 0 Å². The van der Waals surface area contributed by atoms with Gasteiger partial charge in [-0.1, -0.05) is 13.8 Å². The van der Waals surface area contributed by atoms with Gasteiger partial charge in [-0.15, -0.1) is 10.2 Å². The van der Waals surface area contributed by atoms with Crippen LogP contribution in [0.5, 0.6) is 0 Å². The quantitative estimate of drug-likeness (QED) is 0.744. The summed E-state index contributed by atoms with van der Waals surface area (Å²) in [5.74, 6) is 0.934. The lowest BCUT2D eigenvalue weighted by molar-refractivity contribution is -0.136. The Morgan fingerprint density at radius 1 is 0.941 bits per heavy atom. The Balaban J connectivity index is 1.83. The second-order valence-corrected chi connectivity index (χ2v) is 7.72. The van der Waals surface area contributed by atoms with Gasteiger partial charge in [0.05, 0.1) is 0 Å². The van der Waals surface area contributed by atoms with Gasteiger partial charge in [0.1, 0.15) is 12.7 Å². The molecule has 0 amide bonds. The van der Waals surface area contributed by atoms with Crippen molar-refractivity contribution in [1.82, 2.24) is 14.8 Å². The van der Waals surface area contributed by atoms with Crippen molar-refractivity contribution in [2.75, 3.05) is 0 Å². The molecule has 4 saturated carbocycles. The second kappa shape index (κ2) is 2.76. The smallest absolute Gasteiger partial charge is 0.119 e. The molecule has 5 rings (SSSR count). The van der Waals surface area contributed by atoms with Crippen molar-refractivity contribution in [2.24, 2.45) is 16.7 Å². The zero-order valence-corrected chi connectivity index (χ0v) is 10.8. The van der Waals surface area contributed by atoms with E-state index in [2.05, 4.69) is 28.6 Å². The van der Waals surface area contributed by atoms with Crippen LogP contribution in [0.4, 0.5) is 0 Å². The van der Waals surface area contributed by atoms with Gasteiger partial charge in [0.2, 0.25) is 0 Å². The van der Waals surface area contributed by atoms with E-state index in [1.54, 1.807) is 0 Å². The lowest BCUT2D eigenvalue weighted by atomic mass is 9.42. The van der Waals surface area contributed by atoms with Crippen LogP contribution in [0.1, 0.15) is 52.4 Å². The summed E-state index contributed by atoms with van der Waals surface area (Å²) in [7, 11) is 0. The van der Waals surface area contributed by atoms with Crippen LogP contribution in [0.15, 0.2) is 12.7 Å². The predicted octanol–water partition coefficient (Wildman–Crippen LogP) is 2.98. The van der Waals surface area contributed by atoms with E-state index in [-0.39, 0.29) is 0 Å². The Hall–Kier alpha value is -0.860. The molecule has 0 radical (unpaired) electrons. The first-order valence-corrected chi connectivity index (χ1v) is 6.86. The van der Waals surface area contributed by atoms with Crippen molar-refractivity contribution in [1.29, 1.82) is 0 Å². The van der Waals surface area contributed by atoms with Gasteiger partial charge in [-0.2, -0.15) is 0 Å². The first-order valence-electron chi connectivity index (χ1n) is 6.86. The van der Waals surface area contributed by atoms with Gasteiger partial charge < -0.3 is 4.57 Å². The van der Waals surface area contributed by atoms with Crippen LogP contribution >= 0.6 is 0 Å². The largest absolute Gasteiger partial charge is 0.314 e. The maximum absolute atomic E-state index is 4.04. The molecule has 4 aliphatic rings. The van der Waals surface area contributed by atoms with E-state index in [0.29, 0.717) is 16.4 Å². The van der Waals surface area contributed by atoms with Gasteiger partial charge in [0.25, 0.3) is 0 Å². The van der Waals surface area contributed by atoms with Gasteiger partial charge in [-0.25, -0.2) is 0 Å². The van der Waals surface area contributed by atoms with E-state index in [4.69, 9.17) is 0 Å². The zero-order chi connectivity index (χ0) is 11.7. The number of rotatable bonds is 1. The molecule has 17 heavy (non-hydrogen) atoms. The van der Waals surface area contributed by atoms with Gasteiger partial charge in [0.15, 0.2) is 0 Å². The van der Waals surface area contributed by atoms with Gasteiger partial charge >= 0.3 is 0 Å². The summed E-state index contributed by atoms with van der Waals surface area (Å²) in [4.78, 5) is 0. The van der Waals surface area contributed by atoms with Crippen molar-refractivity contribution in [3.05, 3.63) is 12.7 Å². The fourth-order valence-electron chi connectivity index (χ4n) is 6.12. The molecule has 0 N–H and O–H groups in total. The topological polar surface area (TPSA) is 30.7 Å². The van der Waals surface area contributed by atoms with Gasteiger partial charge in [-0.3, -0.25) is 0 Å². The van der Waals surface area contributed by atoms with E-state index in [0.717, 1.165) is 5.92 Å². The summed E-state index contributed by atoms with van der Waals surface area (Å²) in [5, 5.41) is 8.08. The van der Waals surface area contributed by atoms with Crippen molar-refractivity contribution in [2.45, 2.75) is 57.9 Å². The summed E-state index contributed by atoms with van der Waals surface area (Å²) < 4.78 is 2.33. The molecule has 0 spiro atoms. The van der Waals surface area contributed by atoms with E-state index in [1.165, 1.54) is 38.5 Å². The molecule has 3 heteroatoms. The van der Waals surface area contributed by atoms with Crippen LogP contribution in [0.3, 0.4) is 0 Å². The Morgan fingerprint density at radius 2 is 1.53 bits per heavy atom. The molecule has 92 valence electrons. The first-order chi connectivity index (χ1) is 8.01. The minimum atomic E-state index is 0.340. The second-order valence-electron chi connectivity index (χ2n) is 7.72. The SMILES string of the molecule is C[C@]12CC3CC(n4cnnc4)(C1)C[C@@](C)(C3)C2. The van der Waals surface area contributed by atoms with E-state index < -0.39 is 0 Å². The van der Waals surface area contributed by atoms with Gasteiger partial charge in [0, 0.05) is 5.54 Å². The highest BCUT2D eigenvalue weighted by molar-refractivity contribution is 5.13. The molecule has 3 nitrogen and oxygen atoms in total. The maximum atomic E-state index is 4.04. The van der Waals surface area contributed by atoms with Crippen LogP contribution < -0.4 is 0 Å². The maximum Gasteiger partial charge on any atom is 0.119 e. The van der Waals surface area contributed by atoms with Crippen molar-refractivity contribution >= 4 is 0 Å². The molecule has 1 aromatic rings. The lowest BCUT2D eigenvalue weighted by Gasteiger charge is -2.65. The number of nitrogens with zero attached hydrogens (tertiary/aromatic N) is 3. The summed E-state index contributed by atoms with van der Waals surface area (Å²) in [6, 6.07) is 0.